The van der Waals surface area contributed by atoms with Gasteiger partial charge in [-0.2, -0.15) is 15.4 Å². The van der Waals surface area contributed by atoms with Gasteiger partial charge in [-0.15, -0.1) is 0 Å². The average Bonchev–Trinajstić information content (AvgIpc) is 2.82. The maximum atomic E-state index is 11.8. The highest BCUT2D eigenvalue weighted by atomic mass is 16.1. The van der Waals surface area contributed by atoms with E-state index in [2.05, 4.69) is 25.4 Å². The molecule has 0 aromatic carbocycles. The quantitative estimate of drug-likeness (QED) is 0.725. The minimum absolute atomic E-state index is 0.0392. The first-order valence-corrected chi connectivity index (χ1v) is 5.33. The fourth-order valence-electron chi connectivity index (χ4n) is 2.04. The van der Waals surface area contributed by atoms with Gasteiger partial charge < -0.3 is 4.98 Å². The standard InChI is InChI=1S/C10H11N5O/c16-10-6-3-1-2-4-7(6)12-9(13-10)8-5-11-15-14-8/h5H,1-4H2,(H,11,14,15)(H,12,13,16). The van der Waals surface area contributed by atoms with E-state index >= 15 is 0 Å². The van der Waals surface area contributed by atoms with Crippen molar-refractivity contribution in [3.8, 4) is 11.5 Å². The summed E-state index contributed by atoms with van der Waals surface area (Å²) in [5, 5.41) is 10.1. The molecule has 2 N–H and O–H groups in total. The van der Waals surface area contributed by atoms with Crippen molar-refractivity contribution in [2.24, 2.45) is 0 Å². The zero-order valence-electron chi connectivity index (χ0n) is 8.66. The van der Waals surface area contributed by atoms with E-state index in [1.165, 1.54) is 0 Å². The number of hydrogen-bond donors (Lipinski definition) is 2. The number of rotatable bonds is 1. The number of nitrogens with one attached hydrogen (secondary N) is 2. The van der Waals surface area contributed by atoms with Crippen LogP contribution in [0, 0.1) is 0 Å². The van der Waals surface area contributed by atoms with Gasteiger partial charge in [-0.3, -0.25) is 4.79 Å². The first-order valence-electron chi connectivity index (χ1n) is 5.33. The lowest BCUT2D eigenvalue weighted by Crippen LogP contribution is -2.21. The fraction of sp³-hybridized carbons (Fsp3) is 0.400. The zero-order valence-corrected chi connectivity index (χ0v) is 8.66. The van der Waals surface area contributed by atoms with Gasteiger partial charge in [-0.05, 0) is 25.7 Å². The molecular weight excluding hydrogens is 206 g/mol. The van der Waals surface area contributed by atoms with Crippen LogP contribution in [-0.2, 0) is 12.8 Å². The topological polar surface area (TPSA) is 87.3 Å². The van der Waals surface area contributed by atoms with E-state index in [0.29, 0.717) is 11.5 Å². The second kappa shape index (κ2) is 3.55. The molecule has 3 rings (SSSR count). The van der Waals surface area contributed by atoms with Crippen LogP contribution in [0.2, 0.25) is 0 Å². The summed E-state index contributed by atoms with van der Waals surface area (Å²) in [6.07, 6.45) is 5.43. The molecule has 0 saturated carbocycles. The molecule has 0 spiro atoms. The molecule has 0 radical (unpaired) electrons. The molecule has 6 nitrogen and oxygen atoms in total. The van der Waals surface area contributed by atoms with E-state index in [4.69, 9.17) is 0 Å². The molecule has 2 heterocycles. The molecule has 2 aromatic heterocycles. The Labute approximate surface area is 91.1 Å². The maximum absolute atomic E-state index is 11.8. The molecule has 0 aliphatic heterocycles. The van der Waals surface area contributed by atoms with Crippen LogP contribution in [0.15, 0.2) is 11.0 Å². The van der Waals surface area contributed by atoms with Crippen LogP contribution < -0.4 is 5.56 Å². The molecule has 0 bridgehead atoms. The van der Waals surface area contributed by atoms with Crippen molar-refractivity contribution in [2.75, 3.05) is 0 Å². The van der Waals surface area contributed by atoms with Crippen LogP contribution in [0.4, 0.5) is 0 Å². The van der Waals surface area contributed by atoms with E-state index in [9.17, 15) is 4.79 Å². The predicted octanol–water partition coefficient (Wildman–Crippen LogP) is 0.434. The maximum Gasteiger partial charge on any atom is 0.254 e. The van der Waals surface area contributed by atoms with Crippen molar-refractivity contribution in [1.82, 2.24) is 25.4 Å². The molecule has 0 fully saturated rings. The van der Waals surface area contributed by atoms with Crippen molar-refractivity contribution < 1.29 is 0 Å². The molecule has 0 amide bonds. The molecule has 16 heavy (non-hydrogen) atoms. The summed E-state index contributed by atoms with van der Waals surface area (Å²) in [4.78, 5) is 19.0. The van der Waals surface area contributed by atoms with Gasteiger partial charge in [0.1, 0.15) is 5.69 Å². The highest BCUT2D eigenvalue weighted by molar-refractivity contribution is 5.47. The molecule has 0 unspecified atom stereocenters. The number of nitrogens with zero attached hydrogens (tertiary/aromatic N) is 3. The smallest absolute Gasteiger partial charge is 0.254 e. The number of fused-ring (bicyclic) bond motifs is 1. The first-order chi connectivity index (χ1) is 7.84. The summed E-state index contributed by atoms with van der Waals surface area (Å²) < 4.78 is 0. The second-order valence-electron chi connectivity index (χ2n) is 3.90. The molecule has 1 aliphatic rings. The Hall–Kier alpha value is -1.98. The van der Waals surface area contributed by atoms with E-state index in [0.717, 1.165) is 36.9 Å². The molecular formula is C10H11N5O. The number of aromatic nitrogens is 5. The molecule has 0 atom stereocenters. The monoisotopic (exact) mass is 217 g/mol. The van der Waals surface area contributed by atoms with E-state index in [-0.39, 0.29) is 5.56 Å². The highest BCUT2D eigenvalue weighted by Crippen LogP contribution is 2.18. The van der Waals surface area contributed by atoms with Crippen molar-refractivity contribution in [3.63, 3.8) is 0 Å². The lowest BCUT2D eigenvalue weighted by Gasteiger charge is -2.13. The Morgan fingerprint density at radius 2 is 2.12 bits per heavy atom. The van der Waals surface area contributed by atoms with E-state index in [1.807, 2.05) is 0 Å². The van der Waals surface area contributed by atoms with Gasteiger partial charge in [0.25, 0.3) is 5.56 Å². The zero-order chi connectivity index (χ0) is 11.0. The third kappa shape index (κ3) is 1.42. The minimum Gasteiger partial charge on any atom is -0.305 e. The second-order valence-corrected chi connectivity index (χ2v) is 3.90. The molecule has 82 valence electrons. The fourth-order valence-corrected chi connectivity index (χ4v) is 2.04. The summed E-state index contributed by atoms with van der Waals surface area (Å²) >= 11 is 0. The van der Waals surface area contributed by atoms with E-state index in [1.54, 1.807) is 6.20 Å². The Bertz CT molecular complexity index is 557. The summed E-state index contributed by atoms with van der Waals surface area (Å²) in [7, 11) is 0. The van der Waals surface area contributed by atoms with Gasteiger partial charge in [0.05, 0.1) is 11.9 Å². The number of aromatic amines is 2. The van der Waals surface area contributed by atoms with E-state index < -0.39 is 0 Å². The third-order valence-electron chi connectivity index (χ3n) is 2.85. The summed E-state index contributed by atoms with van der Waals surface area (Å²) in [6, 6.07) is 0. The van der Waals surface area contributed by atoms with Crippen LogP contribution in [0.1, 0.15) is 24.1 Å². The van der Waals surface area contributed by atoms with Crippen molar-refractivity contribution in [2.45, 2.75) is 25.7 Å². The Morgan fingerprint density at radius 3 is 2.94 bits per heavy atom. The molecule has 1 aliphatic carbocycles. The normalized spacial score (nSPS) is 14.8. The molecule has 2 aromatic rings. The van der Waals surface area contributed by atoms with Gasteiger partial charge >= 0.3 is 0 Å². The SMILES string of the molecule is O=c1[nH]c(-c2cn[nH]n2)nc2c1CCCC2. The Kier molecular flexibility index (Phi) is 2.05. The molecule has 0 saturated heterocycles. The van der Waals surface area contributed by atoms with Gasteiger partial charge in [0.2, 0.25) is 0 Å². The van der Waals surface area contributed by atoms with Crippen molar-refractivity contribution in [1.29, 1.82) is 0 Å². The average molecular weight is 217 g/mol. The summed E-state index contributed by atoms with van der Waals surface area (Å²) in [6.45, 7) is 0. The van der Waals surface area contributed by atoms with Crippen LogP contribution in [-0.4, -0.2) is 25.4 Å². The lowest BCUT2D eigenvalue weighted by molar-refractivity contribution is 0.657. The minimum atomic E-state index is -0.0392. The number of hydrogen-bond acceptors (Lipinski definition) is 4. The highest BCUT2D eigenvalue weighted by Gasteiger charge is 2.16. The molecule has 6 heteroatoms. The van der Waals surface area contributed by atoms with Gasteiger partial charge in [0, 0.05) is 5.56 Å². The number of H-pyrrole nitrogens is 2. The Balaban J connectivity index is 2.16. The van der Waals surface area contributed by atoms with Gasteiger partial charge in [0.15, 0.2) is 5.82 Å². The van der Waals surface area contributed by atoms with Crippen LogP contribution in [0.5, 0.6) is 0 Å². The Morgan fingerprint density at radius 1 is 1.25 bits per heavy atom. The van der Waals surface area contributed by atoms with Gasteiger partial charge in [-0.25, -0.2) is 4.98 Å². The van der Waals surface area contributed by atoms with Crippen LogP contribution >= 0.6 is 0 Å². The van der Waals surface area contributed by atoms with Crippen molar-refractivity contribution >= 4 is 0 Å². The third-order valence-corrected chi connectivity index (χ3v) is 2.85. The van der Waals surface area contributed by atoms with Crippen molar-refractivity contribution in [3.05, 3.63) is 27.8 Å². The lowest BCUT2D eigenvalue weighted by atomic mass is 9.97. The first kappa shape index (κ1) is 9.26. The van der Waals surface area contributed by atoms with Gasteiger partial charge in [-0.1, -0.05) is 0 Å². The summed E-state index contributed by atoms with van der Waals surface area (Å²) in [5.41, 5.74) is 2.28. The number of aryl methyl sites for hydroxylation is 1. The van der Waals surface area contributed by atoms with Crippen LogP contribution in [0.3, 0.4) is 0 Å². The van der Waals surface area contributed by atoms with Crippen LogP contribution in [0.25, 0.3) is 11.5 Å². The summed E-state index contributed by atoms with van der Waals surface area (Å²) in [5.74, 6) is 0.499. The largest absolute Gasteiger partial charge is 0.305 e. The predicted molar refractivity (Wildman–Crippen MR) is 56.9 cm³/mol.